The normalized spacial score (nSPS) is 24.5. The summed E-state index contributed by atoms with van der Waals surface area (Å²) in [6.45, 7) is 3.07. The Morgan fingerprint density at radius 2 is 1.84 bits per heavy atom. The number of carbonyl (C=O) groups excluding carboxylic acids is 2. The zero-order valence-corrected chi connectivity index (χ0v) is 18.3. The van der Waals surface area contributed by atoms with E-state index in [1.54, 1.807) is 7.11 Å². The number of hydrogen-bond donors (Lipinski definition) is 1. The number of rotatable bonds is 7. The Balaban J connectivity index is 1.37. The van der Waals surface area contributed by atoms with E-state index in [2.05, 4.69) is 12.2 Å². The molecular formula is C25H28F2N2O3. The van der Waals surface area contributed by atoms with Crippen LogP contribution in [0.1, 0.15) is 35.7 Å². The van der Waals surface area contributed by atoms with E-state index in [1.165, 1.54) is 6.07 Å². The number of ether oxygens (including phenoxy) is 1. The van der Waals surface area contributed by atoms with Gasteiger partial charge >= 0.3 is 0 Å². The Morgan fingerprint density at radius 1 is 1.16 bits per heavy atom. The molecule has 4 atom stereocenters. The number of nitrogens with zero attached hydrogens (tertiary/aromatic N) is 1. The summed E-state index contributed by atoms with van der Waals surface area (Å²) >= 11 is 0. The van der Waals surface area contributed by atoms with Gasteiger partial charge in [0.25, 0.3) is 5.91 Å². The standard InChI is InChI=1S/C25H28F2N2O3/c1-15-12-22-18(19(15)14-28-25(31)24-20(26)4-3-5-21(24)27)13-23(30)29(22)11-10-16-6-8-17(32-2)9-7-16/h3-9,15,18-19,22H,10-14H2,1-2H3,(H,28,31)/t15-,18-,19+,22+/m0/s1. The van der Waals surface area contributed by atoms with E-state index in [0.717, 1.165) is 36.3 Å². The smallest absolute Gasteiger partial charge is 0.257 e. The first-order valence-corrected chi connectivity index (χ1v) is 11.0. The number of fused-ring (bicyclic) bond motifs is 1. The number of amides is 2. The van der Waals surface area contributed by atoms with Crippen molar-refractivity contribution in [1.82, 2.24) is 10.2 Å². The van der Waals surface area contributed by atoms with Gasteiger partial charge in [0.15, 0.2) is 0 Å². The average Bonchev–Trinajstić information content (AvgIpc) is 3.23. The number of methoxy groups -OCH3 is 1. The van der Waals surface area contributed by atoms with Crippen LogP contribution in [-0.4, -0.2) is 43.0 Å². The maximum Gasteiger partial charge on any atom is 0.257 e. The molecule has 1 aliphatic heterocycles. The number of likely N-dealkylation sites (tertiary alicyclic amines) is 1. The first-order valence-electron chi connectivity index (χ1n) is 11.0. The molecule has 0 aromatic heterocycles. The fourth-order valence-electron chi connectivity index (χ4n) is 5.29. The largest absolute Gasteiger partial charge is 0.497 e. The Kier molecular flexibility index (Phi) is 6.44. The van der Waals surface area contributed by atoms with Crippen molar-refractivity contribution in [1.29, 1.82) is 0 Å². The third-order valence-corrected chi connectivity index (χ3v) is 7.01. The second kappa shape index (κ2) is 9.27. The molecule has 0 radical (unpaired) electrons. The molecule has 1 saturated carbocycles. The lowest BCUT2D eigenvalue weighted by Gasteiger charge is -2.24. The van der Waals surface area contributed by atoms with Gasteiger partial charge in [-0.2, -0.15) is 0 Å². The van der Waals surface area contributed by atoms with Crippen LogP contribution in [0, 0.1) is 29.4 Å². The van der Waals surface area contributed by atoms with E-state index >= 15 is 0 Å². The maximum atomic E-state index is 13.9. The lowest BCUT2D eigenvalue weighted by Crippen LogP contribution is -2.36. The van der Waals surface area contributed by atoms with Crippen molar-refractivity contribution in [2.24, 2.45) is 17.8 Å². The molecule has 170 valence electrons. The lowest BCUT2D eigenvalue weighted by molar-refractivity contribution is -0.129. The van der Waals surface area contributed by atoms with Crippen LogP contribution < -0.4 is 10.1 Å². The van der Waals surface area contributed by atoms with Crippen LogP contribution in [0.5, 0.6) is 5.75 Å². The molecule has 4 rings (SSSR count). The summed E-state index contributed by atoms with van der Waals surface area (Å²) in [5.74, 6) is -1.04. The van der Waals surface area contributed by atoms with Crippen LogP contribution in [0.4, 0.5) is 8.78 Å². The van der Waals surface area contributed by atoms with Crippen molar-refractivity contribution < 1.29 is 23.1 Å². The molecule has 2 aromatic carbocycles. The van der Waals surface area contributed by atoms with E-state index in [9.17, 15) is 18.4 Å². The van der Waals surface area contributed by atoms with Gasteiger partial charge in [0.05, 0.1) is 7.11 Å². The van der Waals surface area contributed by atoms with Crippen LogP contribution >= 0.6 is 0 Å². The molecule has 0 spiro atoms. The SMILES string of the molecule is COc1ccc(CCN2C(=O)C[C@H]3[C@H](CNC(=O)c4c(F)cccc4F)[C@@H](C)C[C@H]32)cc1. The van der Waals surface area contributed by atoms with E-state index in [4.69, 9.17) is 4.74 Å². The molecule has 32 heavy (non-hydrogen) atoms. The number of halogens is 2. The third kappa shape index (κ3) is 4.33. The third-order valence-electron chi connectivity index (χ3n) is 7.01. The summed E-state index contributed by atoms with van der Waals surface area (Å²) in [6, 6.07) is 11.4. The summed E-state index contributed by atoms with van der Waals surface area (Å²) in [5, 5.41) is 2.70. The molecule has 0 unspecified atom stereocenters. The van der Waals surface area contributed by atoms with Crippen LogP contribution in [0.25, 0.3) is 0 Å². The van der Waals surface area contributed by atoms with Crippen molar-refractivity contribution in [2.75, 3.05) is 20.2 Å². The molecule has 1 N–H and O–H groups in total. The number of carbonyl (C=O) groups is 2. The molecule has 2 amide bonds. The van der Waals surface area contributed by atoms with Crippen LogP contribution in [0.3, 0.4) is 0 Å². The van der Waals surface area contributed by atoms with Gasteiger partial charge in [-0.25, -0.2) is 8.78 Å². The quantitative estimate of drug-likeness (QED) is 0.709. The second-order valence-electron chi connectivity index (χ2n) is 8.80. The number of hydrogen-bond acceptors (Lipinski definition) is 3. The van der Waals surface area contributed by atoms with E-state index < -0.39 is 23.1 Å². The van der Waals surface area contributed by atoms with E-state index in [0.29, 0.717) is 25.4 Å². The Morgan fingerprint density at radius 3 is 2.50 bits per heavy atom. The summed E-state index contributed by atoms with van der Waals surface area (Å²) in [5.41, 5.74) is 0.585. The molecule has 1 aliphatic carbocycles. The van der Waals surface area contributed by atoms with Gasteiger partial charge in [0.1, 0.15) is 22.9 Å². The average molecular weight is 443 g/mol. The van der Waals surface area contributed by atoms with Crippen molar-refractivity contribution in [2.45, 2.75) is 32.2 Å². The second-order valence-corrected chi connectivity index (χ2v) is 8.80. The van der Waals surface area contributed by atoms with Crippen molar-refractivity contribution in [3.63, 3.8) is 0 Å². The molecule has 0 bridgehead atoms. The number of benzene rings is 2. The van der Waals surface area contributed by atoms with Gasteiger partial charge in [-0.15, -0.1) is 0 Å². The summed E-state index contributed by atoms with van der Waals surface area (Å²) in [7, 11) is 1.63. The van der Waals surface area contributed by atoms with Gasteiger partial charge in [0.2, 0.25) is 5.91 Å². The number of nitrogens with one attached hydrogen (secondary N) is 1. The fourth-order valence-corrected chi connectivity index (χ4v) is 5.29. The minimum atomic E-state index is -0.874. The predicted octanol–water partition coefficient (Wildman–Crippen LogP) is 3.82. The van der Waals surface area contributed by atoms with Crippen molar-refractivity contribution in [3.05, 3.63) is 65.2 Å². The molecule has 1 heterocycles. The fraction of sp³-hybridized carbons (Fsp3) is 0.440. The highest BCUT2D eigenvalue weighted by atomic mass is 19.1. The molecular weight excluding hydrogens is 414 g/mol. The highest BCUT2D eigenvalue weighted by Crippen LogP contribution is 2.45. The highest BCUT2D eigenvalue weighted by Gasteiger charge is 2.50. The monoisotopic (exact) mass is 442 g/mol. The zero-order chi connectivity index (χ0) is 22.8. The molecule has 1 saturated heterocycles. The first kappa shape index (κ1) is 22.2. The molecule has 2 fully saturated rings. The Hall–Kier alpha value is -2.96. The topological polar surface area (TPSA) is 58.6 Å². The minimum Gasteiger partial charge on any atom is -0.497 e. The highest BCUT2D eigenvalue weighted by molar-refractivity contribution is 5.94. The maximum absolute atomic E-state index is 13.9. The van der Waals surface area contributed by atoms with Gasteiger partial charge in [-0.3, -0.25) is 9.59 Å². The van der Waals surface area contributed by atoms with Crippen molar-refractivity contribution in [3.8, 4) is 5.75 Å². The van der Waals surface area contributed by atoms with Crippen LogP contribution in [-0.2, 0) is 11.2 Å². The summed E-state index contributed by atoms with van der Waals surface area (Å²) in [4.78, 5) is 27.1. The van der Waals surface area contributed by atoms with Gasteiger partial charge in [-0.05, 0) is 60.4 Å². The summed E-state index contributed by atoms with van der Waals surface area (Å²) < 4.78 is 33.0. The van der Waals surface area contributed by atoms with Gasteiger partial charge in [0, 0.05) is 25.6 Å². The van der Waals surface area contributed by atoms with E-state index in [1.807, 2.05) is 29.2 Å². The molecule has 5 nitrogen and oxygen atoms in total. The lowest BCUT2D eigenvalue weighted by atomic mass is 9.88. The van der Waals surface area contributed by atoms with Crippen molar-refractivity contribution >= 4 is 11.8 Å². The Bertz CT molecular complexity index is 975. The van der Waals surface area contributed by atoms with Gasteiger partial charge in [-0.1, -0.05) is 25.1 Å². The van der Waals surface area contributed by atoms with E-state index in [-0.39, 0.29) is 23.8 Å². The minimum absolute atomic E-state index is 0.0914. The first-order chi connectivity index (χ1) is 15.4. The van der Waals surface area contributed by atoms with Crippen LogP contribution in [0.2, 0.25) is 0 Å². The Labute approximate surface area is 186 Å². The van der Waals surface area contributed by atoms with Crippen LogP contribution in [0.15, 0.2) is 42.5 Å². The van der Waals surface area contributed by atoms with Gasteiger partial charge < -0.3 is 15.0 Å². The zero-order valence-electron chi connectivity index (χ0n) is 18.3. The predicted molar refractivity (Wildman–Crippen MR) is 116 cm³/mol. The summed E-state index contributed by atoms with van der Waals surface area (Å²) in [6.07, 6.45) is 2.08. The molecule has 2 aliphatic rings. The molecule has 7 heteroatoms. The molecule has 2 aromatic rings.